The number of ether oxygens (including phenoxy) is 1. The summed E-state index contributed by atoms with van der Waals surface area (Å²) in [6, 6.07) is 27.6. The van der Waals surface area contributed by atoms with E-state index in [9.17, 15) is 9.90 Å². The van der Waals surface area contributed by atoms with Gasteiger partial charge in [0.1, 0.15) is 0 Å². The van der Waals surface area contributed by atoms with Crippen LogP contribution in [0, 0.1) is 20.8 Å². The van der Waals surface area contributed by atoms with Crippen molar-refractivity contribution >= 4 is 5.97 Å². The van der Waals surface area contributed by atoms with Crippen molar-refractivity contribution in [3.8, 4) is 22.3 Å². The Kier molecular flexibility index (Phi) is 7.67. The van der Waals surface area contributed by atoms with Crippen LogP contribution in [0.5, 0.6) is 0 Å². The van der Waals surface area contributed by atoms with Crippen LogP contribution in [-0.4, -0.2) is 21.6 Å². The lowest BCUT2D eigenvalue weighted by Crippen LogP contribution is -2.28. The van der Waals surface area contributed by atoms with Crippen LogP contribution in [0.3, 0.4) is 0 Å². The van der Waals surface area contributed by atoms with Crippen LogP contribution >= 0.6 is 0 Å². The Morgan fingerprint density at radius 1 is 0.825 bits per heavy atom. The van der Waals surface area contributed by atoms with E-state index in [4.69, 9.17) is 4.74 Å². The Balaban J connectivity index is 1.56. The highest BCUT2D eigenvalue weighted by atomic mass is 16.5. The molecular weight excluding hydrogens is 494 g/mol. The van der Waals surface area contributed by atoms with Gasteiger partial charge in [0, 0.05) is 25.2 Å². The molecule has 1 aliphatic rings. The fourth-order valence-corrected chi connectivity index (χ4v) is 5.94. The molecule has 0 spiro atoms. The summed E-state index contributed by atoms with van der Waals surface area (Å²) in [5.74, 6) is -0.960. The molecule has 0 unspecified atom stereocenters. The summed E-state index contributed by atoms with van der Waals surface area (Å²) in [5, 5.41) is 10.4. The average molecular weight is 534 g/mol. The third-order valence-electron chi connectivity index (χ3n) is 7.82. The van der Waals surface area contributed by atoms with Crippen molar-refractivity contribution in [3.05, 3.63) is 118 Å². The van der Waals surface area contributed by atoms with Crippen LogP contribution < -0.4 is 0 Å². The highest BCUT2D eigenvalue weighted by Crippen LogP contribution is 2.44. The molecule has 0 aromatic heterocycles. The van der Waals surface area contributed by atoms with Gasteiger partial charge in [0.05, 0.1) is 5.60 Å². The first kappa shape index (κ1) is 27.8. The number of carbonyl (C=O) groups is 1. The molecule has 0 amide bonds. The molecule has 4 aromatic rings. The van der Waals surface area contributed by atoms with E-state index in [0.29, 0.717) is 0 Å². The number of hydrogen-bond acceptors (Lipinski definition) is 3. The molecule has 40 heavy (non-hydrogen) atoms. The molecule has 0 fully saturated rings. The largest absolute Gasteiger partial charge is 0.479 e. The highest BCUT2D eigenvalue weighted by Gasteiger charge is 2.35. The van der Waals surface area contributed by atoms with Gasteiger partial charge in [0.15, 0.2) is 6.10 Å². The van der Waals surface area contributed by atoms with Gasteiger partial charge >= 0.3 is 5.97 Å². The van der Waals surface area contributed by atoms with E-state index in [-0.39, 0.29) is 0 Å². The minimum atomic E-state index is -1.06. The maximum Gasteiger partial charge on any atom is 0.337 e. The van der Waals surface area contributed by atoms with E-state index in [0.717, 1.165) is 47.5 Å². The van der Waals surface area contributed by atoms with Gasteiger partial charge in [0.25, 0.3) is 0 Å². The van der Waals surface area contributed by atoms with Crippen LogP contribution in [0.25, 0.3) is 22.3 Å². The Labute approximate surface area is 238 Å². The predicted octanol–water partition coefficient (Wildman–Crippen LogP) is 8.40. The lowest BCUT2D eigenvalue weighted by molar-refractivity contribution is -0.160. The molecule has 1 atom stereocenters. The van der Waals surface area contributed by atoms with Gasteiger partial charge in [-0.05, 0) is 97.7 Å². The van der Waals surface area contributed by atoms with E-state index < -0.39 is 17.7 Å². The molecule has 0 radical (unpaired) electrons. The van der Waals surface area contributed by atoms with Crippen LogP contribution in [0.1, 0.15) is 65.8 Å². The molecule has 0 saturated carbocycles. The molecule has 5 rings (SSSR count). The van der Waals surface area contributed by atoms with Crippen LogP contribution in [0.2, 0.25) is 0 Å². The minimum absolute atomic E-state index is 0.608. The highest BCUT2D eigenvalue weighted by molar-refractivity contribution is 5.84. The smallest absolute Gasteiger partial charge is 0.337 e. The lowest BCUT2D eigenvalue weighted by atomic mass is 9.83. The summed E-state index contributed by atoms with van der Waals surface area (Å²) in [7, 11) is 0. The first-order valence-corrected chi connectivity index (χ1v) is 14.0. The van der Waals surface area contributed by atoms with Gasteiger partial charge in [-0.2, -0.15) is 0 Å². The first-order valence-electron chi connectivity index (χ1n) is 14.0. The van der Waals surface area contributed by atoms with Crippen molar-refractivity contribution < 1.29 is 14.6 Å². The Hall–Kier alpha value is -3.73. The zero-order chi connectivity index (χ0) is 28.6. The molecular formula is C36H39NO3. The van der Waals surface area contributed by atoms with Crippen molar-refractivity contribution in [2.24, 2.45) is 0 Å². The van der Waals surface area contributed by atoms with Gasteiger partial charge in [-0.15, -0.1) is 0 Å². The topological polar surface area (TPSA) is 49.8 Å². The number of aliphatic carboxylic acids is 1. The number of rotatable bonds is 7. The molecule has 4 aromatic carbocycles. The summed E-state index contributed by atoms with van der Waals surface area (Å²) >= 11 is 0. The van der Waals surface area contributed by atoms with Crippen molar-refractivity contribution in [1.82, 2.24) is 4.90 Å². The zero-order valence-corrected chi connectivity index (χ0v) is 24.4. The lowest BCUT2D eigenvalue weighted by Gasteiger charge is -2.30. The second-order valence-electron chi connectivity index (χ2n) is 12.0. The van der Waals surface area contributed by atoms with Gasteiger partial charge in [-0.1, -0.05) is 78.4 Å². The predicted molar refractivity (Wildman–Crippen MR) is 162 cm³/mol. The fourth-order valence-electron chi connectivity index (χ4n) is 5.94. The molecule has 206 valence electrons. The van der Waals surface area contributed by atoms with E-state index >= 15 is 0 Å². The number of carboxylic acid groups (broad SMARTS) is 1. The number of carboxylic acids is 1. The van der Waals surface area contributed by atoms with E-state index in [2.05, 4.69) is 98.5 Å². The Morgan fingerprint density at radius 2 is 1.45 bits per heavy atom. The average Bonchev–Trinajstić information content (AvgIpc) is 3.34. The Morgan fingerprint density at radius 3 is 2.08 bits per heavy atom. The van der Waals surface area contributed by atoms with Crippen molar-refractivity contribution in [2.75, 3.05) is 0 Å². The summed E-state index contributed by atoms with van der Waals surface area (Å²) in [5.41, 5.74) is 11.7. The minimum Gasteiger partial charge on any atom is -0.479 e. The summed E-state index contributed by atoms with van der Waals surface area (Å²) < 4.78 is 6.23. The number of benzene rings is 4. The molecule has 1 heterocycles. The third kappa shape index (κ3) is 5.74. The normalized spacial score (nSPS) is 14.2. The van der Waals surface area contributed by atoms with Gasteiger partial charge in [-0.25, -0.2) is 4.79 Å². The molecule has 0 saturated heterocycles. The Bertz CT molecular complexity index is 1530. The van der Waals surface area contributed by atoms with Gasteiger partial charge in [0.2, 0.25) is 0 Å². The number of nitrogens with zero attached hydrogens (tertiary/aromatic N) is 1. The second kappa shape index (κ2) is 11.0. The number of aryl methyl sites for hydroxylation is 1. The van der Waals surface area contributed by atoms with Gasteiger partial charge in [-0.3, -0.25) is 4.90 Å². The SMILES string of the molecule is Cc1ccc(-c2c(C)c3c(c(C)c2[C@H](OC(C)(C)C)C(=O)O)CN(Cc2cccc(-c4ccccc4)c2)C3)cc1. The molecule has 0 bridgehead atoms. The van der Waals surface area contributed by atoms with Crippen LogP contribution in [0.15, 0.2) is 78.9 Å². The summed E-state index contributed by atoms with van der Waals surface area (Å²) in [6.07, 6.45) is -1.06. The first-order chi connectivity index (χ1) is 19.0. The molecule has 4 heteroatoms. The maximum absolute atomic E-state index is 12.7. The number of hydrogen-bond donors (Lipinski definition) is 1. The van der Waals surface area contributed by atoms with Crippen LogP contribution in [0.4, 0.5) is 0 Å². The maximum atomic E-state index is 12.7. The molecule has 4 nitrogen and oxygen atoms in total. The van der Waals surface area contributed by atoms with Crippen molar-refractivity contribution in [3.63, 3.8) is 0 Å². The van der Waals surface area contributed by atoms with E-state index in [1.54, 1.807) is 0 Å². The zero-order valence-electron chi connectivity index (χ0n) is 24.4. The quantitative estimate of drug-likeness (QED) is 0.259. The molecule has 0 aliphatic carbocycles. The summed E-state index contributed by atoms with van der Waals surface area (Å²) in [6.45, 7) is 14.5. The van der Waals surface area contributed by atoms with Gasteiger partial charge < -0.3 is 9.84 Å². The van der Waals surface area contributed by atoms with E-state index in [1.165, 1.54) is 33.4 Å². The van der Waals surface area contributed by atoms with E-state index in [1.807, 2.05) is 26.8 Å². The second-order valence-corrected chi connectivity index (χ2v) is 12.0. The van der Waals surface area contributed by atoms with Crippen molar-refractivity contribution in [1.29, 1.82) is 0 Å². The molecule has 1 N–H and O–H groups in total. The summed E-state index contributed by atoms with van der Waals surface area (Å²) in [4.78, 5) is 15.2. The molecule has 1 aliphatic heterocycles. The fraction of sp³-hybridized carbons (Fsp3) is 0.306. The van der Waals surface area contributed by atoms with Crippen molar-refractivity contribution in [2.45, 2.75) is 72.9 Å². The monoisotopic (exact) mass is 533 g/mol. The van der Waals surface area contributed by atoms with Crippen LogP contribution in [-0.2, 0) is 29.2 Å². The number of fused-ring (bicyclic) bond motifs is 1. The standard InChI is InChI=1S/C36H39NO3/c1-23-15-17-28(18-16-23)32-24(2)30-21-37(20-26-11-10-14-29(19-26)27-12-8-7-9-13-27)22-31(30)25(3)33(32)34(35(38)39)40-36(4,5)6/h7-19,34H,20-22H2,1-6H3,(H,38,39)/t34-/m0/s1. The third-order valence-corrected chi connectivity index (χ3v) is 7.82.